The standard InChI is InChI=1S/C21H26FIN4O2/c1-4-27(14(2)3)21(28)17-11-15(22)5-6-18(17)29-19-12-24-13-25-20(19)26-9-7-16(23)8-10-26/h5-6,11-14,16H,4,7-10H2,1-3H3. The second kappa shape index (κ2) is 9.69. The van der Waals surface area contributed by atoms with E-state index < -0.39 is 5.82 Å². The SMILES string of the molecule is CCN(C(=O)c1cc(F)ccc1Oc1cncnc1N1CCC(I)CC1)C(C)C. The summed E-state index contributed by atoms with van der Waals surface area (Å²) in [6, 6.07) is 4.01. The molecule has 6 nitrogen and oxygen atoms in total. The van der Waals surface area contributed by atoms with Gasteiger partial charge in [-0.2, -0.15) is 0 Å². The number of carbonyl (C=O) groups is 1. The summed E-state index contributed by atoms with van der Waals surface area (Å²) in [7, 11) is 0. The smallest absolute Gasteiger partial charge is 0.257 e. The lowest BCUT2D eigenvalue weighted by Crippen LogP contribution is -2.37. The van der Waals surface area contributed by atoms with E-state index in [0.29, 0.717) is 27.8 Å². The Morgan fingerprint density at radius 1 is 1.34 bits per heavy atom. The van der Waals surface area contributed by atoms with Crippen molar-refractivity contribution < 1.29 is 13.9 Å². The molecule has 0 atom stereocenters. The molecule has 0 radical (unpaired) electrons. The number of halogens is 2. The van der Waals surface area contributed by atoms with Crippen LogP contribution in [0.25, 0.3) is 0 Å². The van der Waals surface area contributed by atoms with Crippen LogP contribution in [-0.4, -0.2) is 50.4 Å². The van der Waals surface area contributed by atoms with Crippen LogP contribution in [0.15, 0.2) is 30.7 Å². The summed E-state index contributed by atoms with van der Waals surface area (Å²) in [5.74, 6) is 0.723. The van der Waals surface area contributed by atoms with Crippen molar-refractivity contribution >= 4 is 34.3 Å². The Labute approximate surface area is 184 Å². The van der Waals surface area contributed by atoms with Gasteiger partial charge in [0.25, 0.3) is 5.91 Å². The molecule has 0 N–H and O–H groups in total. The van der Waals surface area contributed by atoms with Gasteiger partial charge in [0, 0.05) is 29.6 Å². The zero-order valence-electron chi connectivity index (χ0n) is 16.9. The molecule has 1 aromatic heterocycles. The molecule has 1 fully saturated rings. The third-order valence-corrected chi connectivity index (χ3v) is 6.25. The molecule has 156 valence electrons. The monoisotopic (exact) mass is 512 g/mol. The van der Waals surface area contributed by atoms with Crippen molar-refractivity contribution in [2.45, 2.75) is 43.6 Å². The number of anilines is 1. The minimum absolute atomic E-state index is 0.00573. The van der Waals surface area contributed by atoms with Crippen LogP contribution >= 0.6 is 22.6 Å². The number of aromatic nitrogens is 2. The molecule has 1 aliphatic heterocycles. The third-order valence-electron chi connectivity index (χ3n) is 5.00. The maximum Gasteiger partial charge on any atom is 0.257 e. The fourth-order valence-electron chi connectivity index (χ4n) is 3.45. The maximum absolute atomic E-state index is 14.0. The topological polar surface area (TPSA) is 58.6 Å². The summed E-state index contributed by atoms with van der Waals surface area (Å²) in [6.45, 7) is 8.05. The predicted octanol–water partition coefficient (Wildman–Crippen LogP) is 4.68. The van der Waals surface area contributed by atoms with Crippen LogP contribution < -0.4 is 9.64 Å². The molecule has 1 saturated heterocycles. The second-order valence-electron chi connectivity index (χ2n) is 7.30. The highest BCUT2D eigenvalue weighted by Crippen LogP contribution is 2.34. The third kappa shape index (κ3) is 5.15. The van der Waals surface area contributed by atoms with Gasteiger partial charge >= 0.3 is 0 Å². The number of hydrogen-bond acceptors (Lipinski definition) is 5. The normalized spacial score (nSPS) is 14.9. The molecule has 29 heavy (non-hydrogen) atoms. The number of alkyl halides is 1. The van der Waals surface area contributed by atoms with E-state index in [1.807, 2.05) is 20.8 Å². The molecule has 0 unspecified atom stereocenters. The van der Waals surface area contributed by atoms with E-state index in [-0.39, 0.29) is 17.5 Å². The summed E-state index contributed by atoms with van der Waals surface area (Å²) in [6.07, 6.45) is 5.23. The molecular weight excluding hydrogens is 486 g/mol. The number of nitrogens with zero attached hydrogens (tertiary/aromatic N) is 4. The lowest BCUT2D eigenvalue weighted by Gasteiger charge is -2.31. The summed E-state index contributed by atoms with van der Waals surface area (Å²) in [5.41, 5.74) is 0.196. The van der Waals surface area contributed by atoms with Crippen LogP contribution in [0.3, 0.4) is 0 Å². The largest absolute Gasteiger partial charge is 0.451 e. The highest BCUT2D eigenvalue weighted by atomic mass is 127. The van der Waals surface area contributed by atoms with Gasteiger partial charge in [-0.3, -0.25) is 4.79 Å². The molecule has 3 rings (SSSR count). The first-order valence-electron chi connectivity index (χ1n) is 9.88. The van der Waals surface area contributed by atoms with Gasteiger partial charge in [-0.15, -0.1) is 0 Å². The Balaban J connectivity index is 1.93. The number of rotatable bonds is 6. The average Bonchev–Trinajstić information content (AvgIpc) is 2.70. The molecule has 0 aliphatic carbocycles. The maximum atomic E-state index is 14.0. The Kier molecular flexibility index (Phi) is 7.26. The molecule has 2 heterocycles. The minimum atomic E-state index is -0.478. The van der Waals surface area contributed by atoms with Crippen LogP contribution in [0.5, 0.6) is 11.5 Å². The van der Waals surface area contributed by atoms with E-state index in [0.717, 1.165) is 25.9 Å². The molecule has 2 aromatic rings. The van der Waals surface area contributed by atoms with E-state index in [4.69, 9.17) is 4.74 Å². The molecule has 8 heteroatoms. The Bertz CT molecular complexity index is 856. The zero-order valence-corrected chi connectivity index (χ0v) is 19.1. The van der Waals surface area contributed by atoms with Gasteiger partial charge in [-0.25, -0.2) is 14.4 Å². The van der Waals surface area contributed by atoms with Gasteiger partial charge in [-0.1, -0.05) is 22.6 Å². The van der Waals surface area contributed by atoms with Crippen molar-refractivity contribution in [2.75, 3.05) is 24.5 Å². The molecule has 1 amide bonds. The lowest BCUT2D eigenvalue weighted by atomic mass is 10.1. The van der Waals surface area contributed by atoms with Gasteiger partial charge in [0.05, 0.1) is 11.8 Å². The fourth-order valence-corrected chi connectivity index (χ4v) is 4.01. The van der Waals surface area contributed by atoms with Crippen molar-refractivity contribution in [3.05, 3.63) is 42.1 Å². The van der Waals surface area contributed by atoms with E-state index in [1.165, 1.54) is 24.5 Å². The quantitative estimate of drug-likeness (QED) is 0.416. The number of benzene rings is 1. The van der Waals surface area contributed by atoms with Crippen LogP contribution in [0, 0.1) is 5.82 Å². The van der Waals surface area contributed by atoms with E-state index in [1.54, 1.807) is 11.1 Å². The average molecular weight is 512 g/mol. The van der Waals surface area contributed by atoms with E-state index in [2.05, 4.69) is 37.5 Å². The van der Waals surface area contributed by atoms with Crippen molar-refractivity contribution in [1.82, 2.24) is 14.9 Å². The highest BCUT2D eigenvalue weighted by molar-refractivity contribution is 14.1. The first kappa shape index (κ1) is 21.7. The van der Waals surface area contributed by atoms with Crippen molar-refractivity contribution in [1.29, 1.82) is 0 Å². The Morgan fingerprint density at radius 2 is 2.07 bits per heavy atom. The summed E-state index contributed by atoms with van der Waals surface area (Å²) in [5, 5.41) is 0. The van der Waals surface area contributed by atoms with Crippen molar-refractivity contribution in [3.8, 4) is 11.5 Å². The summed E-state index contributed by atoms with van der Waals surface area (Å²) < 4.78 is 20.7. The minimum Gasteiger partial charge on any atom is -0.451 e. The van der Waals surface area contributed by atoms with Crippen LogP contribution in [-0.2, 0) is 0 Å². The van der Waals surface area contributed by atoms with Crippen LogP contribution in [0.1, 0.15) is 44.0 Å². The van der Waals surface area contributed by atoms with Gasteiger partial charge in [0.2, 0.25) is 0 Å². The second-order valence-corrected chi connectivity index (χ2v) is 9.06. The zero-order chi connectivity index (χ0) is 21.0. The Morgan fingerprint density at radius 3 is 2.72 bits per heavy atom. The summed E-state index contributed by atoms with van der Waals surface area (Å²) in [4.78, 5) is 25.4. The highest BCUT2D eigenvalue weighted by Gasteiger charge is 2.25. The molecule has 1 aromatic carbocycles. The molecule has 0 saturated carbocycles. The number of piperidine rings is 1. The molecule has 0 spiro atoms. The first-order valence-corrected chi connectivity index (χ1v) is 11.1. The fraction of sp³-hybridized carbons (Fsp3) is 0.476. The van der Waals surface area contributed by atoms with Crippen molar-refractivity contribution in [2.24, 2.45) is 0 Å². The van der Waals surface area contributed by atoms with Gasteiger partial charge < -0.3 is 14.5 Å². The molecule has 0 bridgehead atoms. The first-order chi connectivity index (χ1) is 13.9. The van der Waals surface area contributed by atoms with Gasteiger partial charge in [-0.05, 0) is 51.8 Å². The van der Waals surface area contributed by atoms with E-state index in [9.17, 15) is 9.18 Å². The molecule has 1 aliphatic rings. The van der Waals surface area contributed by atoms with Crippen LogP contribution in [0.4, 0.5) is 10.2 Å². The van der Waals surface area contributed by atoms with Gasteiger partial charge in [0.1, 0.15) is 17.9 Å². The number of amides is 1. The predicted molar refractivity (Wildman–Crippen MR) is 120 cm³/mol. The number of ether oxygens (including phenoxy) is 1. The molecular formula is C21H26FIN4O2. The Hall–Kier alpha value is -1.97. The van der Waals surface area contributed by atoms with Gasteiger partial charge in [0.15, 0.2) is 11.6 Å². The van der Waals surface area contributed by atoms with E-state index >= 15 is 0 Å². The number of carbonyl (C=O) groups excluding carboxylic acids is 1. The summed E-state index contributed by atoms with van der Waals surface area (Å²) >= 11 is 2.47. The van der Waals surface area contributed by atoms with Crippen molar-refractivity contribution in [3.63, 3.8) is 0 Å². The number of hydrogen-bond donors (Lipinski definition) is 0. The lowest BCUT2D eigenvalue weighted by molar-refractivity contribution is 0.0713. The van der Waals surface area contributed by atoms with Crippen LogP contribution in [0.2, 0.25) is 0 Å².